The predicted octanol–water partition coefficient (Wildman–Crippen LogP) is 3.42. The van der Waals surface area contributed by atoms with E-state index < -0.39 is 11.9 Å². The van der Waals surface area contributed by atoms with Gasteiger partial charge in [0.2, 0.25) is 11.8 Å². The second-order valence-electron chi connectivity index (χ2n) is 7.28. The Labute approximate surface area is 197 Å². The standard InChI is InChI=1S/C24H27N3O5S/c1-4-26(5-2)23(30)16-10-11-20-19(13-16)27(22(29)15-33-20)14-21(28)25-18-9-7-8-17(12-18)24(31)32-6-3/h7-13H,4-6,14-15H2,1-3H3,(H,25,28). The number of hydrogen-bond acceptors (Lipinski definition) is 6. The van der Waals surface area contributed by atoms with Crippen molar-refractivity contribution in [2.45, 2.75) is 25.7 Å². The molecule has 2 aromatic carbocycles. The molecule has 0 saturated heterocycles. The van der Waals surface area contributed by atoms with Gasteiger partial charge in [-0.2, -0.15) is 0 Å². The molecule has 174 valence electrons. The van der Waals surface area contributed by atoms with Gasteiger partial charge in [0.15, 0.2) is 0 Å². The van der Waals surface area contributed by atoms with E-state index in [-0.39, 0.29) is 30.7 Å². The van der Waals surface area contributed by atoms with Gasteiger partial charge in [-0.25, -0.2) is 4.79 Å². The highest BCUT2D eigenvalue weighted by molar-refractivity contribution is 8.00. The first kappa shape index (κ1) is 24.3. The quantitative estimate of drug-likeness (QED) is 0.595. The lowest BCUT2D eigenvalue weighted by molar-refractivity contribution is -0.120. The predicted molar refractivity (Wildman–Crippen MR) is 128 cm³/mol. The smallest absolute Gasteiger partial charge is 0.338 e. The molecule has 3 rings (SSSR count). The number of rotatable bonds is 8. The molecule has 1 aliphatic heterocycles. The summed E-state index contributed by atoms with van der Waals surface area (Å²) in [6.07, 6.45) is 0. The van der Waals surface area contributed by atoms with Crippen molar-refractivity contribution in [2.24, 2.45) is 0 Å². The second-order valence-corrected chi connectivity index (χ2v) is 8.30. The van der Waals surface area contributed by atoms with Crippen molar-refractivity contribution in [1.82, 2.24) is 4.90 Å². The first-order valence-electron chi connectivity index (χ1n) is 10.8. The van der Waals surface area contributed by atoms with Gasteiger partial charge < -0.3 is 19.9 Å². The highest BCUT2D eigenvalue weighted by Gasteiger charge is 2.28. The molecule has 0 aromatic heterocycles. The number of nitrogens with one attached hydrogen (secondary N) is 1. The molecule has 1 N–H and O–H groups in total. The number of nitrogens with zero attached hydrogens (tertiary/aromatic N) is 2. The van der Waals surface area contributed by atoms with E-state index >= 15 is 0 Å². The molecule has 33 heavy (non-hydrogen) atoms. The molecule has 1 aliphatic rings. The van der Waals surface area contributed by atoms with E-state index in [4.69, 9.17) is 4.74 Å². The van der Waals surface area contributed by atoms with Crippen LogP contribution in [0, 0.1) is 0 Å². The zero-order valence-electron chi connectivity index (χ0n) is 18.9. The molecule has 9 heteroatoms. The Morgan fingerprint density at radius 1 is 1.06 bits per heavy atom. The number of anilines is 2. The largest absolute Gasteiger partial charge is 0.462 e. The summed E-state index contributed by atoms with van der Waals surface area (Å²) in [5.41, 5.74) is 1.77. The molecule has 0 atom stereocenters. The van der Waals surface area contributed by atoms with E-state index in [9.17, 15) is 19.2 Å². The number of carbonyl (C=O) groups is 4. The fourth-order valence-corrected chi connectivity index (χ4v) is 4.40. The second kappa shape index (κ2) is 11.0. The summed E-state index contributed by atoms with van der Waals surface area (Å²) in [5.74, 6) is -1.01. The van der Waals surface area contributed by atoms with E-state index in [2.05, 4.69) is 5.32 Å². The third-order valence-electron chi connectivity index (χ3n) is 5.16. The van der Waals surface area contributed by atoms with Crippen molar-refractivity contribution < 1.29 is 23.9 Å². The Kier molecular flexibility index (Phi) is 8.11. The van der Waals surface area contributed by atoms with E-state index in [0.29, 0.717) is 35.6 Å². The summed E-state index contributed by atoms with van der Waals surface area (Å²) in [7, 11) is 0. The zero-order chi connectivity index (χ0) is 24.0. The maximum atomic E-state index is 12.8. The first-order chi connectivity index (χ1) is 15.9. The summed E-state index contributed by atoms with van der Waals surface area (Å²) in [6.45, 7) is 6.74. The van der Waals surface area contributed by atoms with Crippen LogP contribution in [-0.2, 0) is 14.3 Å². The lowest BCUT2D eigenvalue weighted by Crippen LogP contribution is -2.41. The van der Waals surface area contributed by atoms with Gasteiger partial charge in [0.25, 0.3) is 5.91 Å². The highest BCUT2D eigenvalue weighted by atomic mass is 32.2. The maximum Gasteiger partial charge on any atom is 0.338 e. The van der Waals surface area contributed by atoms with Crippen molar-refractivity contribution in [2.75, 3.05) is 42.2 Å². The first-order valence-corrected chi connectivity index (χ1v) is 11.8. The SMILES string of the molecule is CCOC(=O)c1cccc(NC(=O)CN2C(=O)CSc3ccc(C(=O)N(CC)CC)cc32)c1. The van der Waals surface area contributed by atoms with Crippen LogP contribution in [0.15, 0.2) is 47.4 Å². The van der Waals surface area contributed by atoms with Gasteiger partial charge in [0.1, 0.15) is 6.54 Å². The summed E-state index contributed by atoms with van der Waals surface area (Å²) >= 11 is 1.38. The maximum absolute atomic E-state index is 12.8. The molecular weight excluding hydrogens is 442 g/mol. The summed E-state index contributed by atoms with van der Waals surface area (Å²) in [5, 5.41) is 2.73. The lowest BCUT2D eigenvalue weighted by Gasteiger charge is -2.29. The van der Waals surface area contributed by atoms with Gasteiger partial charge >= 0.3 is 5.97 Å². The van der Waals surface area contributed by atoms with Gasteiger partial charge in [-0.05, 0) is 57.2 Å². The molecule has 2 aromatic rings. The van der Waals surface area contributed by atoms with Crippen molar-refractivity contribution in [3.8, 4) is 0 Å². The molecule has 0 spiro atoms. The average Bonchev–Trinajstić information content (AvgIpc) is 2.81. The van der Waals surface area contributed by atoms with Gasteiger partial charge in [-0.1, -0.05) is 6.07 Å². The molecule has 0 saturated carbocycles. The minimum absolute atomic E-state index is 0.119. The lowest BCUT2D eigenvalue weighted by atomic mass is 10.1. The fourth-order valence-electron chi connectivity index (χ4n) is 3.48. The number of amides is 3. The van der Waals surface area contributed by atoms with Crippen molar-refractivity contribution in [3.05, 3.63) is 53.6 Å². The van der Waals surface area contributed by atoms with Gasteiger partial charge in [-0.15, -0.1) is 11.8 Å². The monoisotopic (exact) mass is 469 g/mol. The fraction of sp³-hybridized carbons (Fsp3) is 0.333. The number of esters is 1. The third kappa shape index (κ3) is 5.73. The van der Waals surface area contributed by atoms with Crippen LogP contribution in [0.1, 0.15) is 41.5 Å². The molecule has 0 aliphatic carbocycles. The molecule has 0 unspecified atom stereocenters. The molecule has 8 nitrogen and oxygen atoms in total. The number of hydrogen-bond donors (Lipinski definition) is 1. The van der Waals surface area contributed by atoms with Crippen LogP contribution in [0.5, 0.6) is 0 Å². The van der Waals surface area contributed by atoms with E-state index in [1.807, 2.05) is 19.9 Å². The van der Waals surface area contributed by atoms with Crippen LogP contribution in [0.2, 0.25) is 0 Å². The number of benzene rings is 2. The zero-order valence-corrected chi connectivity index (χ0v) is 19.7. The van der Waals surface area contributed by atoms with Crippen molar-refractivity contribution in [3.63, 3.8) is 0 Å². The third-order valence-corrected chi connectivity index (χ3v) is 6.21. The Morgan fingerprint density at radius 3 is 2.52 bits per heavy atom. The molecule has 3 amide bonds. The number of carbonyl (C=O) groups excluding carboxylic acids is 4. The molecule has 0 fully saturated rings. The van der Waals surface area contributed by atoms with Crippen LogP contribution in [0.3, 0.4) is 0 Å². The van der Waals surface area contributed by atoms with Crippen LogP contribution < -0.4 is 10.2 Å². The van der Waals surface area contributed by atoms with Crippen molar-refractivity contribution in [1.29, 1.82) is 0 Å². The number of fused-ring (bicyclic) bond motifs is 1. The normalized spacial score (nSPS) is 12.7. The topological polar surface area (TPSA) is 96.0 Å². The van der Waals surface area contributed by atoms with Gasteiger partial charge in [-0.3, -0.25) is 14.4 Å². The Morgan fingerprint density at radius 2 is 1.82 bits per heavy atom. The molecular formula is C24H27N3O5S. The Bertz CT molecular complexity index is 1070. The van der Waals surface area contributed by atoms with Crippen LogP contribution in [-0.4, -0.2) is 60.6 Å². The Hall–Kier alpha value is -3.33. The summed E-state index contributed by atoms with van der Waals surface area (Å²) in [6, 6.07) is 11.7. The number of thioether (sulfide) groups is 1. The average molecular weight is 470 g/mol. The minimum Gasteiger partial charge on any atom is -0.462 e. The summed E-state index contributed by atoms with van der Waals surface area (Å²) in [4.78, 5) is 54.1. The van der Waals surface area contributed by atoms with Crippen molar-refractivity contribution >= 4 is 46.8 Å². The van der Waals surface area contributed by atoms with E-state index in [1.54, 1.807) is 42.2 Å². The van der Waals surface area contributed by atoms with Gasteiger partial charge in [0.05, 0.1) is 23.6 Å². The van der Waals surface area contributed by atoms with Crippen LogP contribution >= 0.6 is 11.8 Å². The number of ether oxygens (including phenoxy) is 1. The molecule has 0 bridgehead atoms. The van der Waals surface area contributed by atoms with E-state index in [0.717, 1.165) is 4.90 Å². The van der Waals surface area contributed by atoms with Crippen LogP contribution in [0.4, 0.5) is 11.4 Å². The summed E-state index contributed by atoms with van der Waals surface area (Å²) < 4.78 is 4.99. The Balaban J connectivity index is 1.79. The highest BCUT2D eigenvalue weighted by Crippen LogP contribution is 2.36. The molecule has 1 heterocycles. The van der Waals surface area contributed by atoms with Gasteiger partial charge in [0, 0.05) is 29.2 Å². The van der Waals surface area contributed by atoms with Crippen LogP contribution in [0.25, 0.3) is 0 Å². The molecule has 0 radical (unpaired) electrons. The van der Waals surface area contributed by atoms with E-state index in [1.165, 1.54) is 22.7 Å². The minimum atomic E-state index is -0.476.